The van der Waals surface area contributed by atoms with Gasteiger partial charge in [0.15, 0.2) is 12.0 Å². The first-order valence-corrected chi connectivity index (χ1v) is 11.2. The minimum atomic E-state index is 0.495. The highest BCUT2D eigenvalue weighted by molar-refractivity contribution is 5.99. The molecule has 7 heteroatoms. The third kappa shape index (κ3) is 2.42. The third-order valence-electron chi connectivity index (χ3n) is 7.53. The fraction of sp³-hybridized carbons (Fsp3) is 0.320. The predicted molar refractivity (Wildman–Crippen MR) is 123 cm³/mol. The summed E-state index contributed by atoms with van der Waals surface area (Å²) < 4.78 is 7.79. The average Bonchev–Trinajstić information content (AvgIpc) is 3.45. The fourth-order valence-corrected chi connectivity index (χ4v) is 5.75. The van der Waals surface area contributed by atoms with Gasteiger partial charge in [0, 0.05) is 42.6 Å². The molecule has 0 amide bonds. The molecular weight excluding hydrogens is 400 g/mol. The molecule has 0 radical (unpaired) electrons. The lowest BCUT2D eigenvalue weighted by Gasteiger charge is -2.54. The summed E-state index contributed by atoms with van der Waals surface area (Å²) in [6.07, 6.45) is 5.84. The summed E-state index contributed by atoms with van der Waals surface area (Å²) in [4.78, 5) is 9.65. The van der Waals surface area contributed by atoms with Crippen molar-refractivity contribution in [3.63, 3.8) is 0 Å². The zero-order chi connectivity index (χ0) is 21.4. The molecule has 1 saturated heterocycles. The number of aromatic amines is 1. The van der Waals surface area contributed by atoms with E-state index >= 15 is 0 Å². The van der Waals surface area contributed by atoms with Crippen LogP contribution >= 0.6 is 0 Å². The molecule has 0 atom stereocenters. The lowest BCUT2D eigenvalue weighted by molar-refractivity contribution is 0.0321. The number of imidazole rings is 1. The van der Waals surface area contributed by atoms with Crippen LogP contribution in [-0.4, -0.2) is 37.8 Å². The van der Waals surface area contributed by atoms with Crippen LogP contribution in [0.3, 0.4) is 0 Å². The van der Waals surface area contributed by atoms with Crippen molar-refractivity contribution < 1.29 is 4.42 Å². The van der Waals surface area contributed by atoms with E-state index in [4.69, 9.17) is 9.40 Å². The highest BCUT2D eigenvalue weighted by atomic mass is 16.3. The van der Waals surface area contributed by atoms with Crippen molar-refractivity contribution >= 4 is 22.0 Å². The number of rotatable bonds is 3. The van der Waals surface area contributed by atoms with Gasteiger partial charge in [-0.05, 0) is 55.0 Å². The Labute approximate surface area is 184 Å². The molecular formula is C25H24N6O. The Balaban J connectivity index is 1.46. The Morgan fingerprint density at radius 1 is 1.16 bits per heavy atom. The summed E-state index contributed by atoms with van der Waals surface area (Å²) in [5.41, 5.74) is 8.77. The Bertz CT molecular complexity index is 1490. The number of nitrogens with zero attached hydrogens (tertiary/aromatic N) is 4. The Morgan fingerprint density at radius 3 is 2.84 bits per heavy atom. The second-order valence-electron chi connectivity index (χ2n) is 9.56. The van der Waals surface area contributed by atoms with Crippen LogP contribution in [0.1, 0.15) is 30.1 Å². The van der Waals surface area contributed by atoms with Gasteiger partial charge >= 0.3 is 0 Å². The number of fused-ring (bicyclic) bond motifs is 2. The van der Waals surface area contributed by atoms with E-state index < -0.39 is 0 Å². The topological polar surface area (TPSA) is 84.6 Å². The quantitative estimate of drug-likeness (QED) is 0.444. The molecule has 32 heavy (non-hydrogen) atoms. The van der Waals surface area contributed by atoms with Crippen LogP contribution in [0.15, 0.2) is 47.3 Å². The van der Waals surface area contributed by atoms with Gasteiger partial charge < -0.3 is 14.3 Å². The number of aryl methyl sites for hydroxylation is 1. The number of hydrogen-bond donors (Lipinski definition) is 2. The number of hydrogen-bond acceptors (Lipinski definition) is 5. The third-order valence-corrected chi connectivity index (χ3v) is 7.53. The summed E-state index contributed by atoms with van der Waals surface area (Å²) in [5, 5.41) is 12.0. The maximum absolute atomic E-state index is 5.47. The zero-order valence-electron chi connectivity index (χ0n) is 18.1. The van der Waals surface area contributed by atoms with Crippen molar-refractivity contribution in [1.82, 2.24) is 30.0 Å². The van der Waals surface area contributed by atoms with Gasteiger partial charge in [0.1, 0.15) is 11.3 Å². The Morgan fingerprint density at radius 2 is 2.03 bits per heavy atom. The van der Waals surface area contributed by atoms with Crippen LogP contribution in [0.4, 0.5) is 0 Å². The van der Waals surface area contributed by atoms with Crippen LogP contribution in [0.2, 0.25) is 0 Å². The first kappa shape index (κ1) is 18.2. The highest BCUT2D eigenvalue weighted by Crippen LogP contribution is 2.54. The van der Waals surface area contributed by atoms with Crippen LogP contribution in [0, 0.1) is 12.3 Å². The fourth-order valence-electron chi connectivity index (χ4n) is 5.75. The lowest BCUT2D eigenvalue weighted by atomic mass is 9.58. The van der Waals surface area contributed by atoms with Crippen molar-refractivity contribution in [2.45, 2.75) is 25.7 Å². The van der Waals surface area contributed by atoms with E-state index in [-0.39, 0.29) is 0 Å². The van der Waals surface area contributed by atoms with E-state index in [1.807, 2.05) is 12.3 Å². The number of H-pyrrole nitrogens is 1. The Hall–Kier alpha value is -3.45. The molecule has 7 rings (SSSR count). The minimum Gasteiger partial charge on any atom is -0.443 e. The monoisotopic (exact) mass is 424 g/mol. The first-order chi connectivity index (χ1) is 15.6. The minimum absolute atomic E-state index is 0.495. The molecule has 2 aromatic carbocycles. The van der Waals surface area contributed by atoms with Gasteiger partial charge in [-0.2, -0.15) is 5.10 Å². The van der Waals surface area contributed by atoms with Crippen molar-refractivity contribution in [2.24, 2.45) is 12.5 Å². The first-order valence-electron chi connectivity index (χ1n) is 11.2. The molecule has 4 heterocycles. The number of oxazole rings is 1. The van der Waals surface area contributed by atoms with E-state index in [1.165, 1.54) is 36.2 Å². The van der Waals surface area contributed by atoms with Gasteiger partial charge in [0.2, 0.25) is 0 Å². The molecule has 7 nitrogen and oxygen atoms in total. The van der Waals surface area contributed by atoms with Gasteiger partial charge in [0.05, 0.1) is 23.1 Å². The molecule has 2 N–H and O–H groups in total. The normalized spacial score (nSPS) is 17.8. The van der Waals surface area contributed by atoms with Crippen molar-refractivity contribution in [3.8, 4) is 22.5 Å². The largest absolute Gasteiger partial charge is 0.443 e. The molecule has 2 fully saturated rings. The molecule has 1 aliphatic carbocycles. The zero-order valence-corrected chi connectivity index (χ0v) is 18.1. The van der Waals surface area contributed by atoms with E-state index in [0.29, 0.717) is 11.3 Å². The van der Waals surface area contributed by atoms with Gasteiger partial charge in [-0.25, -0.2) is 9.97 Å². The van der Waals surface area contributed by atoms with Crippen molar-refractivity contribution in [2.75, 3.05) is 13.1 Å². The summed E-state index contributed by atoms with van der Waals surface area (Å²) in [5.74, 6) is 1.67. The molecule has 160 valence electrons. The standard InChI is InChI=1S/C25H24N6O/c1-14-3-5-18-17(10-28-30-18)21(14)23-22(15-4-6-20-19(7-15)27-13-32-20)29-24(31(23)2)16-8-25(9-16)11-26-12-25/h3-7,10,13,16,26H,8-9,11-12H2,1-2H3,(H,28,30). The highest BCUT2D eigenvalue weighted by Gasteiger charge is 2.50. The molecule has 0 unspecified atom stereocenters. The second-order valence-corrected chi connectivity index (χ2v) is 9.56. The van der Waals surface area contributed by atoms with Crippen molar-refractivity contribution in [1.29, 1.82) is 0 Å². The number of benzene rings is 2. The average molecular weight is 425 g/mol. The van der Waals surface area contributed by atoms with E-state index in [2.05, 4.69) is 63.3 Å². The van der Waals surface area contributed by atoms with Gasteiger partial charge in [0.25, 0.3) is 0 Å². The van der Waals surface area contributed by atoms with E-state index in [9.17, 15) is 0 Å². The maximum Gasteiger partial charge on any atom is 0.181 e. The molecule has 1 aliphatic heterocycles. The summed E-state index contributed by atoms with van der Waals surface area (Å²) in [6, 6.07) is 10.4. The van der Waals surface area contributed by atoms with E-state index in [1.54, 1.807) is 0 Å². The molecule has 1 saturated carbocycles. The molecule has 1 spiro atoms. The molecule has 2 aliphatic rings. The van der Waals surface area contributed by atoms with Crippen LogP contribution in [0.5, 0.6) is 0 Å². The summed E-state index contributed by atoms with van der Waals surface area (Å²) in [7, 11) is 2.16. The van der Waals surface area contributed by atoms with Crippen LogP contribution in [0.25, 0.3) is 44.5 Å². The lowest BCUT2D eigenvalue weighted by Crippen LogP contribution is -2.59. The molecule has 5 aromatic rings. The number of aromatic nitrogens is 5. The maximum atomic E-state index is 5.47. The van der Waals surface area contributed by atoms with E-state index in [0.717, 1.165) is 52.0 Å². The van der Waals surface area contributed by atoms with Crippen molar-refractivity contribution in [3.05, 3.63) is 54.3 Å². The molecule has 0 bridgehead atoms. The van der Waals surface area contributed by atoms with Crippen LogP contribution < -0.4 is 5.32 Å². The molecule has 3 aromatic heterocycles. The Kier molecular flexibility index (Phi) is 3.57. The van der Waals surface area contributed by atoms with Crippen LogP contribution in [-0.2, 0) is 7.05 Å². The van der Waals surface area contributed by atoms with Gasteiger partial charge in [-0.15, -0.1) is 0 Å². The smallest absolute Gasteiger partial charge is 0.181 e. The second kappa shape index (κ2) is 6.29. The van der Waals surface area contributed by atoms with Gasteiger partial charge in [-0.1, -0.05) is 6.07 Å². The summed E-state index contributed by atoms with van der Waals surface area (Å²) >= 11 is 0. The SMILES string of the molecule is Cc1ccc2[nH]ncc2c1-c1c(-c2ccc3ocnc3c2)nc(C2CC3(CNC3)C2)n1C. The predicted octanol–water partition coefficient (Wildman–Crippen LogP) is 4.55. The number of nitrogens with one attached hydrogen (secondary N) is 2. The van der Waals surface area contributed by atoms with Gasteiger partial charge in [-0.3, -0.25) is 5.10 Å². The summed E-state index contributed by atoms with van der Waals surface area (Å²) in [6.45, 7) is 4.45.